The Hall–Kier alpha value is -2.09. The molecule has 0 aromatic heterocycles. The third-order valence-electron chi connectivity index (χ3n) is 3.90. The molecule has 0 N–H and O–H groups in total. The number of hydrogen-bond acceptors (Lipinski definition) is 2. The molecule has 0 saturated heterocycles. The van der Waals surface area contributed by atoms with E-state index in [1.807, 2.05) is 24.3 Å². The number of ether oxygens (including phenoxy) is 1. The number of carbonyl (C=O) groups excluding carboxylic acids is 1. The highest BCUT2D eigenvalue weighted by Crippen LogP contribution is 2.16. The maximum Gasteiger partial charge on any atom is 0.308 e. The number of hydrogen-bond donors (Lipinski definition) is 0. The van der Waals surface area contributed by atoms with Gasteiger partial charge in [-0.25, -0.2) is 0 Å². The van der Waals surface area contributed by atoms with Gasteiger partial charge in [0, 0.05) is 6.92 Å². The van der Waals surface area contributed by atoms with Crippen LogP contribution >= 0.6 is 0 Å². The van der Waals surface area contributed by atoms with Gasteiger partial charge in [-0.05, 0) is 56.2 Å². The van der Waals surface area contributed by atoms with E-state index in [9.17, 15) is 4.79 Å². The Morgan fingerprint density at radius 1 is 1.00 bits per heavy atom. The smallest absolute Gasteiger partial charge is 0.308 e. The number of rotatable bonds is 13. The normalized spacial score (nSPS) is 11.2. The van der Waals surface area contributed by atoms with Crippen LogP contribution in [0.2, 0.25) is 0 Å². The minimum atomic E-state index is -0.265. The molecule has 1 aromatic carbocycles. The number of unbranched alkanes of at least 4 members (excludes halogenated alkanes) is 5. The van der Waals surface area contributed by atoms with Gasteiger partial charge >= 0.3 is 5.97 Å². The molecule has 2 nitrogen and oxygen atoms in total. The number of carbonyl (C=O) groups is 1. The van der Waals surface area contributed by atoms with Crippen LogP contribution < -0.4 is 4.74 Å². The van der Waals surface area contributed by atoms with E-state index < -0.39 is 0 Å². The molecule has 2 heteroatoms. The predicted molar refractivity (Wildman–Crippen MR) is 107 cm³/mol. The zero-order chi connectivity index (χ0) is 18.2. The highest BCUT2D eigenvalue weighted by Gasteiger charge is 2.00. The maximum atomic E-state index is 11.0. The molecule has 0 aliphatic rings. The molecule has 0 fully saturated rings. The topological polar surface area (TPSA) is 26.3 Å². The van der Waals surface area contributed by atoms with Crippen molar-refractivity contribution in [2.45, 2.75) is 64.7 Å². The zero-order valence-corrected chi connectivity index (χ0v) is 15.6. The van der Waals surface area contributed by atoms with Gasteiger partial charge in [0.25, 0.3) is 0 Å². The predicted octanol–water partition coefficient (Wildman–Crippen LogP) is 6.57. The van der Waals surface area contributed by atoms with Gasteiger partial charge in [-0.3, -0.25) is 4.79 Å². The molecule has 1 rings (SSSR count). The molecule has 0 heterocycles. The summed E-state index contributed by atoms with van der Waals surface area (Å²) in [7, 11) is 0. The van der Waals surface area contributed by atoms with Crippen LogP contribution in [0.4, 0.5) is 0 Å². The Kier molecular flexibility index (Phi) is 12.0. The summed E-state index contributed by atoms with van der Waals surface area (Å²) in [5, 5.41) is 0. The Balaban J connectivity index is 2.02. The second kappa shape index (κ2) is 14.3. The average molecular weight is 341 g/mol. The van der Waals surface area contributed by atoms with Crippen LogP contribution in [-0.2, 0) is 11.2 Å². The second-order valence-corrected chi connectivity index (χ2v) is 6.25. The summed E-state index contributed by atoms with van der Waals surface area (Å²) in [5.74, 6) is 0.384. The van der Waals surface area contributed by atoms with Crippen LogP contribution in [0.3, 0.4) is 0 Å². The lowest BCUT2D eigenvalue weighted by atomic mass is 10.0. The van der Waals surface area contributed by atoms with Crippen LogP contribution in [0.5, 0.6) is 5.75 Å². The van der Waals surface area contributed by atoms with Crippen molar-refractivity contribution < 1.29 is 9.53 Å². The standard InChI is InChI=1S/C23H32O2/c1-3-4-5-6-7-8-9-10-11-12-13-14-15-17-22-18-16-19-23(20-22)25-21(2)24/h3,5-6,8-9,16,18-20H,1,4,7,10-15,17H2,2H3/b6-5-,9-8-. The molecule has 0 unspecified atom stereocenters. The van der Waals surface area contributed by atoms with E-state index in [0.717, 1.165) is 19.3 Å². The Labute approximate surface area is 153 Å². The van der Waals surface area contributed by atoms with Gasteiger partial charge in [0.2, 0.25) is 0 Å². The molecular formula is C23H32O2. The molecule has 0 aliphatic heterocycles. The van der Waals surface area contributed by atoms with Crippen molar-refractivity contribution in [3.63, 3.8) is 0 Å². The minimum Gasteiger partial charge on any atom is -0.427 e. The molecule has 0 aliphatic carbocycles. The summed E-state index contributed by atoms with van der Waals surface area (Å²) in [4.78, 5) is 11.0. The molecule has 25 heavy (non-hydrogen) atoms. The van der Waals surface area contributed by atoms with Crippen LogP contribution in [-0.4, -0.2) is 5.97 Å². The Morgan fingerprint density at radius 2 is 1.72 bits per heavy atom. The minimum absolute atomic E-state index is 0.265. The monoisotopic (exact) mass is 340 g/mol. The first-order chi connectivity index (χ1) is 12.2. The van der Waals surface area contributed by atoms with Crippen molar-refractivity contribution in [1.82, 2.24) is 0 Å². The fourth-order valence-electron chi connectivity index (χ4n) is 2.63. The second-order valence-electron chi connectivity index (χ2n) is 6.25. The molecule has 0 saturated carbocycles. The van der Waals surface area contributed by atoms with Gasteiger partial charge in [0.15, 0.2) is 0 Å². The highest BCUT2D eigenvalue weighted by atomic mass is 16.5. The summed E-state index contributed by atoms with van der Waals surface area (Å²) in [5.41, 5.74) is 1.24. The summed E-state index contributed by atoms with van der Waals surface area (Å²) >= 11 is 0. The van der Waals surface area contributed by atoms with Crippen LogP contribution in [0.1, 0.15) is 63.9 Å². The number of allylic oxidation sites excluding steroid dienone is 5. The lowest BCUT2D eigenvalue weighted by molar-refractivity contribution is -0.131. The number of esters is 1. The van der Waals surface area contributed by atoms with Gasteiger partial charge in [-0.2, -0.15) is 0 Å². The van der Waals surface area contributed by atoms with E-state index in [4.69, 9.17) is 4.74 Å². The Bertz CT molecular complexity index is 555. The zero-order valence-electron chi connectivity index (χ0n) is 15.6. The van der Waals surface area contributed by atoms with Crippen LogP contribution in [0, 0.1) is 0 Å². The SMILES string of the molecule is C=CC/C=C\C/C=C\CCCCCCCc1cccc(OC(C)=O)c1. The first-order valence-electron chi connectivity index (χ1n) is 9.40. The lowest BCUT2D eigenvalue weighted by Crippen LogP contribution is -2.01. The molecule has 0 radical (unpaired) electrons. The van der Waals surface area contributed by atoms with Gasteiger partial charge in [0.1, 0.15) is 5.75 Å². The van der Waals surface area contributed by atoms with E-state index in [0.29, 0.717) is 5.75 Å². The molecule has 0 bridgehead atoms. The van der Waals surface area contributed by atoms with E-state index in [-0.39, 0.29) is 5.97 Å². The summed E-state index contributed by atoms with van der Waals surface area (Å²) < 4.78 is 5.12. The molecular weight excluding hydrogens is 308 g/mol. The van der Waals surface area contributed by atoms with Crippen molar-refractivity contribution in [3.8, 4) is 5.75 Å². The number of benzene rings is 1. The third-order valence-corrected chi connectivity index (χ3v) is 3.90. The van der Waals surface area contributed by atoms with Crippen LogP contribution in [0.25, 0.3) is 0 Å². The van der Waals surface area contributed by atoms with E-state index in [1.165, 1.54) is 51.0 Å². The van der Waals surface area contributed by atoms with E-state index in [2.05, 4.69) is 36.9 Å². The van der Waals surface area contributed by atoms with Crippen molar-refractivity contribution in [1.29, 1.82) is 0 Å². The largest absolute Gasteiger partial charge is 0.427 e. The van der Waals surface area contributed by atoms with Gasteiger partial charge < -0.3 is 4.74 Å². The summed E-state index contributed by atoms with van der Waals surface area (Å²) in [6.45, 7) is 5.13. The molecule has 0 amide bonds. The molecule has 136 valence electrons. The van der Waals surface area contributed by atoms with Crippen molar-refractivity contribution in [2.24, 2.45) is 0 Å². The van der Waals surface area contributed by atoms with Crippen molar-refractivity contribution in [3.05, 3.63) is 66.8 Å². The Morgan fingerprint density at radius 3 is 2.52 bits per heavy atom. The summed E-state index contributed by atoms with van der Waals surface area (Å²) in [6.07, 6.45) is 21.3. The molecule has 0 spiro atoms. The van der Waals surface area contributed by atoms with Gasteiger partial charge in [-0.1, -0.05) is 61.8 Å². The maximum absolute atomic E-state index is 11.0. The molecule has 0 atom stereocenters. The van der Waals surface area contributed by atoms with Gasteiger partial charge in [-0.15, -0.1) is 6.58 Å². The first kappa shape index (κ1) is 21.0. The molecule has 1 aromatic rings. The van der Waals surface area contributed by atoms with Crippen molar-refractivity contribution >= 4 is 5.97 Å². The first-order valence-corrected chi connectivity index (χ1v) is 9.40. The van der Waals surface area contributed by atoms with Crippen LogP contribution in [0.15, 0.2) is 61.2 Å². The lowest BCUT2D eigenvalue weighted by Gasteiger charge is -2.05. The quantitative estimate of drug-likeness (QED) is 0.176. The number of aryl methyl sites for hydroxylation is 1. The fraction of sp³-hybridized carbons (Fsp3) is 0.435. The fourth-order valence-corrected chi connectivity index (χ4v) is 2.63. The highest BCUT2D eigenvalue weighted by molar-refractivity contribution is 5.69. The van der Waals surface area contributed by atoms with Gasteiger partial charge in [0.05, 0.1) is 0 Å². The third kappa shape index (κ3) is 12.0. The summed E-state index contributed by atoms with van der Waals surface area (Å²) in [6, 6.07) is 7.84. The van der Waals surface area contributed by atoms with Crippen molar-refractivity contribution in [2.75, 3.05) is 0 Å². The van der Waals surface area contributed by atoms with E-state index in [1.54, 1.807) is 0 Å². The van der Waals surface area contributed by atoms with E-state index >= 15 is 0 Å². The average Bonchev–Trinajstić information content (AvgIpc) is 2.59.